The number of hydrogen-bond donors (Lipinski definition) is 3. The van der Waals surface area contributed by atoms with E-state index in [1.165, 1.54) is 0 Å². The Labute approximate surface area is 98.0 Å². The van der Waals surface area contributed by atoms with E-state index in [2.05, 4.69) is 20.9 Å². The van der Waals surface area contributed by atoms with E-state index >= 15 is 0 Å². The molecule has 0 unspecified atom stereocenters. The van der Waals surface area contributed by atoms with Gasteiger partial charge >= 0.3 is 5.97 Å². The lowest BCUT2D eigenvalue weighted by molar-refractivity contribution is 0.0700. The molecule has 2 aromatic rings. The zero-order chi connectivity index (χ0) is 11.9. The summed E-state index contributed by atoms with van der Waals surface area (Å²) >= 11 is 3.23. The van der Waals surface area contributed by atoms with Gasteiger partial charge in [0.1, 0.15) is 5.69 Å². The smallest absolute Gasteiger partial charge is 0.338 e. The second kappa shape index (κ2) is 3.64. The number of carboxylic acid groups (broad SMARTS) is 1. The molecule has 82 valence electrons. The molecule has 1 aromatic carbocycles. The van der Waals surface area contributed by atoms with Crippen LogP contribution in [0.25, 0.3) is 10.9 Å². The van der Waals surface area contributed by atoms with Crippen molar-refractivity contribution < 1.29 is 9.90 Å². The zero-order valence-electron chi connectivity index (χ0n) is 7.95. The number of halogens is 1. The van der Waals surface area contributed by atoms with E-state index in [0.717, 1.165) is 0 Å². The molecule has 0 aliphatic carbocycles. The fraction of sp³-hybridized carbons (Fsp3) is 0. The molecule has 0 saturated heterocycles. The monoisotopic (exact) mass is 282 g/mol. The minimum atomic E-state index is -1.22. The fourth-order valence-corrected chi connectivity index (χ4v) is 1.99. The fourth-order valence-electron chi connectivity index (χ4n) is 1.53. The molecule has 0 fully saturated rings. The molecular weight excluding hydrogens is 276 g/mol. The summed E-state index contributed by atoms with van der Waals surface area (Å²) in [5.41, 5.74) is 4.84. The number of anilines is 1. The molecule has 6 heteroatoms. The minimum Gasteiger partial charge on any atom is -0.478 e. The van der Waals surface area contributed by atoms with Crippen molar-refractivity contribution in [2.75, 3.05) is 5.73 Å². The first-order chi connectivity index (χ1) is 7.52. The quantitative estimate of drug-likeness (QED) is 0.740. The van der Waals surface area contributed by atoms with Crippen LogP contribution in [0.3, 0.4) is 0 Å². The Kier molecular flexibility index (Phi) is 2.43. The Morgan fingerprint density at radius 1 is 1.44 bits per heavy atom. The van der Waals surface area contributed by atoms with Crippen molar-refractivity contribution in [2.45, 2.75) is 0 Å². The summed E-state index contributed by atoms with van der Waals surface area (Å²) in [5, 5.41) is 9.43. The maximum Gasteiger partial charge on any atom is 0.338 e. The molecule has 0 atom stereocenters. The molecule has 2 rings (SSSR count). The van der Waals surface area contributed by atoms with Crippen molar-refractivity contribution in [3.63, 3.8) is 0 Å². The van der Waals surface area contributed by atoms with Crippen LogP contribution in [0.5, 0.6) is 0 Å². The molecule has 0 radical (unpaired) electrons. The van der Waals surface area contributed by atoms with E-state index in [4.69, 9.17) is 10.8 Å². The highest BCUT2D eigenvalue weighted by atomic mass is 79.9. The third-order valence-corrected chi connectivity index (χ3v) is 2.91. The number of nitrogens with one attached hydrogen (secondary N) is 1. The molecule has 5 nitrogen and oxygen atoms in total. The van der Waals surface area contributed by atoms with Gasteiger partial charge in [-0.1, -0.05) is 12.1 Å². The number of H-pyrrole nitrogens is 1. The van der Waals surface area contributed by atoms with Gasteiger partial charge in [-0.2, -0.15) is 0 Å². The maximum atomic E-state index is 11.4. The van der Waals surface area contributed by atoms with Gasteiger partial charge in [-0.15, -0.1) is 0 Å². The second-order valence-corrected chi connectivity index (χ2v) is 4.06. The van der Waals surface area contributed by atoms with Gasteiger partial charge in [0, 0.05) is 9.86 Å². The van der Waals surface area contributed by atoms with E-state index in [9.17, 15) is 9.59 Å². The van der Waals surface area contributed by atoms with Gasteiger partial charge in [-0.25, -0.2) is 4.79 Å². The van der Waals surface area contributed by atoms with Gasteiger partial charge < -0.3 is 15.8 Å². The summed E-state index contributed by atoms with van der Waals surface area (Å²) in [7, 11) is 0. The van der Waals surface area contributed by atoms with Gasteiger partial charge in [0.25, 0.3) is 5.56 Å². The maximum absolute atomic E-state index is 11.4. The summed E-state index contributed by atoms with van der Waals surface area (Å²) in [4.78, 5) is 25.0. The SMILES string of the molecule is Nc1c(C(=O)O)c2cccc(Br)c2[nH]c1=O. The lowest BCUT2D eigenvalue weighted by Gasteiger charge is -2.06. The molecule has 0 bridgehead atoms. The zero-order valence-corrected chi connectivity index (χ0v) is 9.54. The summed E-state index contributed by atoms with van der Waals surface area (Å²) < 4.78 is 0.615. The Balaban J connectivity index is 3.07. The topological polar surface area (TPSA) is 96.2 Å². The molecule has 0 saturated carbocycles. The number of pyridine rings is 1. The molecule has 0 spiro atoms. The normalized spacial score (nSPS) is 10.6. The van der Waals surface area contributed by atoms with Gasteiger partial charge in [0.2, 0.25) is 0 Å². The summed E-state index contributed by atoms with van der Waals surface area (Å²) in [6, 6.07) is 4.98. The third kappa shape index (κ3) is 1.47. The van der Waals surface area contributed by atoms with E-state index in [1.54, 1.807) is 18.2 Å². The Bertz CT molecular complexity index is 648. The van der Waals surface area contributed by atoms with Gasteiger partial charge in [0.05, 0.1) is 11.1 Å². The van der Waals surface area contributed by atoms with Crippen LogP contribution in [0.2, 0.25) is 0 Å². The van der Waals surface area contributed by atoms with Gasteiger partial charge in [-0.05, 0) is 22.0 Å². The lowest BCUT2D eigenvalue weighted by atomic mass is 10.1. The Morgan fingerprint density at radius 2 is 2.12 bits per heavy atom. The molecule has 0 aliphatic rings. The number of fused-ring (bicyclic) bond motifs is 1. The molecular formula is C10H7BrN2O3. The van der Waals surface area contributed by atoms with Crippen LogP contribution in [0.15, 0.2) is 27.5 Å². The number of para-hydroxylation sites is 1. The second-order valence-electron chi connectivity index (χ2n) is 3.21. The van der Waals surface area contributed by atoms with E-state index in [0.29, 0.717) is 15.4 Å². The van der Waals surface area contributed by atoms with E-state index in [1.807, 2.05) is 0 Å². The Hall–Kier alpha value is -1.82. The first-order valence-electron chi connectivity index (χ1n) is 4.35. The van der Waals surface area contributed by atoms with E-state index in [-0.39, 0.29) is 11.3 Å². The number of carbonyl (C=O) groups is 1. The molecule has 16 heavy (non-hydrogen) atoms. The predicted molar refractivity (Wildman–Crippen MR) is 63.6 cm³/mol. The molecule has 1 heterocycles. The van der Waals surface area contributed by atoms with Crippen molar-refractivity contribution in [1.82, 2.24) is 4.98 Å². The molecule has 4 N–H and O–H groups in total. The number of hydrogen-bond acceptors (Lipinski definition) is 3. The van der Waals surface area contributed by atoms with Gasteiger partial charge in [-0.3, -0.25) is 4.79 Å². The Morgan fingerprint density at radius 3 is 2.75 bits per heavy atom. The van der Waals surface area contributed by atoms with Crippen molar-refractivity contribution in [2.24, 2.45) is 0 Å². The van der Waals surface area contributed by atoms with Crippen molar-refractivity contribution in [3.8, 4) is 0 Å². The first kappa shape index (κ1) is 10.7. The first-order valence-corrected chi connectivity index (χ1v) is 5.15. The van der Waals surface area contributed by atoms with Crippen molar-refractivity contribution in [3.05, 3.63) is 38.6 Å². The standard InChI is InChI=1S/C10H7BrN2O3/c11-5-3-1-2-4-6(10(15)16)7(12)9(14)13-8(4)5/h1-3H,12H2,(H,13,14)(H,15,16). The van der Waals surface area contributed by atoms with Crippen LogP contribution < -0.4 is 11.3 Å². The third-order valence-electron chi connectivity index (χ3n) is 2.25. The lowest BCUT2D eigenvalue weighted by Crippen LogP contribution is -2.17. The number of aromatic nitrogens is 1. The molecule has 1 aromatic heterocycles. The summed E-state index contributed by atoms with van der Waals surface area (Å²) in [5.74, 6) is -1.22. The average Bonchev–Trinajstić information content (AvgIpc) is 2.21. The molecule has 0 aliphatic heterocycles. The number of benzene rings is 1. The highest BCUT2D eigenvalue weighted by molar-refractivity contribution is 9.10. The average molecular weight is 283 g/mol. The van der Waals surface area contributed by atoms with Crippen LogP contribution in [-0.2, 0) is 0 Å². The highest BCUT2D eigenvalue weighted by Gasteiger charge is 2.16. The van der Waals surface area contributed by atoms with Crippen LogP contribution in [0.1, 0.15) is 10.4 Å². The number of carboxylic acids is 1. The van der Waals surface area contributed by atoms with Crippen LogP contribution in [-0.4, -0.2) is 16.1 Å². The van der Waals surface area contributed by atoms with E-state index < -0.39 is 11.5 Å². The summed E-state index contributed by atoms with van der Waals surface area (Å²) in [6.45, 7) is 0. The summed E-state index contributed by atoms with van der Waals surface area (Å²) in [6.07, 6.45) is 0. The number of aromatic carboxylic acids is 1. The predicted octanol–water partition coefficient (Wildman–Crippen LogP) is 1.57. The highest BCUT2D eigenvalue weighted by Crippen LogP contribution is 2.25. The largest absolute Gasteiger partial charge is 0.478 e. The van der Waals surface area contributed by atoms with Crippen molar-refractivity contribution in [1.29, 1.82) is 0 Å². The minimum absolute atomic E-state index is 0.167. The van der Waals surface area contributed by atoms with Crippen LogP contribution in [0, 0.1) is 0 Å². The molecule has 0 amide bonds. The number of rotatable bonds is 1. The van der Waals surface area contributed by atoms with Crippen LogP contribution >= 0.6 is 15.9 Å². The van der Waals surface area contributed by atoms with Gasteiger partial charge in [0.15, 0.2) is 0 Å². The number of nitrogen functional groups attached to an aromatic ring is 1. The number of aromatic amines is 1. The van der Waals surface area contributed by atoms with Crippen LogP contribution in [0.4, 0.5) is 5.69 Å². The number of nitrogens with two attached hydrogens (primary N) is 1. The van der Waals surface area contributed by atoms with Crippen molar-refractivity contribution >= 4 is 38.5 Å².